The molecule has 0 atom stereocenters. The van der Waals surface area contributed by atoms with Crippen LogP contribution >= 0.6 is 0 Å². The molecule has 0 unspecified atom stereocenters. The van der Waals surface area contributed by atoms with E-state index in [9.17, 15) is 0 Å². The highest BCUT2D eigenvalue weighted by molar-refractivity contribution is 4.83. The molecule has 0 aromatic heterocycles. The lowest BCUT2D eigenvalue weighted by atomic mass is 10.1. The zero-order valence-electron chi connectivity index (χ0n) is 10.4. The summed E-state index contributed by atoms with van der Waals surface area (Å²) in [5.74, 6) is 0. The van der Waals surface area contributed by atoms with Crippen molar-refractivity contribution >= 4 is 0 Å². The summed E-state index contributed by atoms with van der Waals surface area (Å²) in [6.07, 6.45) is 20.6. The maximum absolute atomic E-state index is 3.68. The lowest BCUT2D eigenvalue weighted by Gasteiger charge is -1.98. The van der Waals surface area contributed by atoms with Crippen LogP contribution in [0.15, 0.2) is 24.3 Å². The van der Waals surface area contributed by atoms with Gasteiger partial charge in [0.2, 0.25) is 0 Å². The van der Waals surface area contributed by atoms with Crippen LogP contribution in [-0.4, -0.2) is 0 Å². The molecule has 0 aliphatic carbocycles. The molecule has 0 nitrogen and oxygen atoms in total. The summed E-state index contributed by atoms with van der Waals surface area (Å²) in [7, 11) is 0. The fraction of sp³-hybridized carbons (Fsp3) is 0.667. The minimum Gasteiger partial charge on any atom is -0.0885 e. The Kier molecular flexibility index (Phi) is 13.0. The monoisotopic (exact) mass is 207 g/mol. The van der Waals surface area contributed by atoms with Crippen molar-refractivity contribution in [2.45, 2.75) is 64.7 Å². The Balaban J connectivity index is 2.98. The minimum absolute atomic E-state index is 1.21. The molecule has 0 aromatic carbocycles. The maximum Gasteiger partial charge on any atom is -0.0316 e. The first kappa shape index (κ1) is 14.5. The smallest absolute Gasteiger partial charge is 0.0316 e. The molecule has 0 bridgehead atoms. The molecule has 0 saturated carbocycles. The first-order valence-electron chi connectivity index (χ1n) is 6.51. The Morgan fingerprint density at radius 3 is 1.87 bits per heavy atom. The van der Waals surface area contributed by atoms with Crippen LogP contribution in [0.3, 0.4) is 0 Å². The van der Waals surface area contributed by atoms with E-state index in [1.807, 2.05) is 6.08 Å². The van der Waals surface area contributed by atoms with Crippen LogP contribution < -0.4 is 0 Å². The number of hydrogen-bond donors (Lipinski definition) is 0. The molecule has 0 rings (SSSR count). The predicted octanol–water partition coefficient (Wildman–Crippen LogP) is 5.46. The maximum atomic E-state index is 3.68. The molecule has 0 saturated heterocycles. The van der Waals surface area contributed by atoms with E-state index in [4.69, 9.17) is 0 Å². The average molecular weight is 207 g/mol. The molecule has 0 fully saturated rings. The van der Waals surface area contributed by atoms with Crippen molar-refractivity contribution < 1.29 is 0 Å². The highest BCUT2D eigenvalue weighted by Gasteiger charge is 1.88. The normalized spacial score (nSPS) is 11.9. The molecule has 0 spiro atoms. The number of rotatable bonds is 10. The van der Waals surface area contributed by atoms with Gasteiger partial charge in [0.05, 0.1) is 0 Å². The highest BCUT2D eigenvalue weighted by Crippen LogP contribution is 2.08. The summed E-state index contributed by atoms with van der Waals surface area (Å²) in [4.78, 5) is 0. The molecular weight excluding hydrogens is 180 g/mol. The van der Waals surface area contributed by atoms with Gasteiger partial charge in [-0.1, -0.05) is 56.9 Å². The van der Waals surface area contributed by atoms with Crippen LogP contribution in [0.1, 0.15) is 64.7 Å². The van der Waals surface area contributed by atoms with Gasteiger partial charge in [0.25, 0.3) is 0 Å². The van der Waals surface area contributed by atoms with Crippen LogP contribution in [0.25, 0.3) is 0 Å². The van der Waals surface area contributed by atoms with Crippen molar-refractivity contribution in [1.82, 2.24) is 0 Å². The highest BCUT2D eigenvalue weighted by atomic mass is 13.9. The quantitative estimate of drug-likeness (QED) is 0.329. The lowest BCUT2D eigenvalue weighted by Crippen LogP contribution is -1.78. The second kappa shape index (κ2) is 13.5. The van der Waals surface area contributed by atoms with E-state index < -0.39 is 0 Å². The summed E-state index contributed by atoms with van der Waals surface area (Å²) >= 11 is 0. The van der Waals surface area contributed by atoms with Gasteiger partial charge in [-0.25, -0.2) is 0 Å². The Labute approximate surface area is 96.5 Å². The second-order valence-electron chi connectivity index (χ2n) is 4.08. The summed E-state index contributed by atoms with van der Waals surface area (Å²) < 4.78 is 0. The zero-order chi connectivity index (χ0) is 11.2. The van der Waals surface area contributed by atoms with E-state index in [-0.39, 0.29) is 0 Å². The van der Waals surface area contributed by atoms with Crippen molar-refractivity contribution in [3.05, 3.63) is 31.2 Å². The first-order chi connectivity index (χ1) is 7.41. The number of unbranched alkanes of at least 4 members (excludes halogenated alkanes) is 7. The van der Waals surface area contributed by atoms with Gasteiger partial charge in [-0.2, -0.15) is 0 Å². The molecule has 0 N–H and O–H groups in total. The third kappa shape index (κ3) is 13.5. The SMILES string of the molecule is [CH2]C=CCCCCCCCC=CCCC. The van der Waals surface area contributed by atoms with Gasteiger partial charge in [0, 0.05) is 0 Å². The summed E-state index contributed by atoms with van der Waals surface area (Å²) in [5, 5.41) is 0. The van der Waals surface area contributed by atoms with Crippen LogP contribution in [0.2, 0.25) is 0 Å². The van der Waals surface area contributed by atoms with Crippen LogP contribution in [0, 0.1) is 6.92 Å². The largest absolute Gasteiger partial charge is 0.0885 e. The van der Waals surface area contributed by atoms with Crippen LogP contribution in [-0.2, 0) is 0 Å². The van der Waals surface area contributed by atoms with Gasteiger partial charge in [0.1, 0.15) is 0 Å². The topological polar surface area (TPSA) is 0 Å². The zero-order valence-corrected chi connectivity index (χ0v) is 10.4. The van der Waals surface area contributed by atoms with Gasteiger partial charge in [-0.05, 0) is 39.0 Å². The van der Waals surface area contributed by atoms with E-state index in [0.29, 0.717) is 0 Å². The third-order valence-corrected chi connectivity index (χ3v) is 2.53. The van der Waals surface area contributed by atoms with Crippen molar-refractivity contribution in [3.8, 4) is 0 Å². The van der Waals surface area contributed by atoms with E-state index in [1.54, 1.807) is 0 Å². The molecule has 0 heteroatoms. The molecule has 1 radical (unpaired) electrons. The molecule has 0 aliphatic rings. The van der Waals surface area contributed by atoms with Gasteiger partial charge in [-0.3, -0.25) is 0 Å². The third-order valence-electron chi connectivity index (χ3n) is 2.53. The number of hydrogen-bond acceptors (Lipinski definition) is 0. The molecule has 15 heavy (non-hydrogen) atoms. The van der Waals surface area contributed by atoms with Crippen LogP contribution in [0.4, 0.5) is 0 Å². The minimum atomic E-state index is 1.21. The van der Waals surface area contributed by atoms with Gasteiger partial charge in [0.15, 0.2) is 0 Å². The first-order valence-corrected chi connectivity index (χ1v) is 6.51. The Bertz CT molecular complexity index is 153. The van der Waals surface area contributed by atoms with Gasteiger partial charge in [-0.15, -0.1) is 0 Å². The summed E-state index contributed by atoms with van der Waals surface area (Å²) in [6, 6.07) is 0. The van der Waals surface area contributed by atoms with E-state index >= 15 is 0 Å². The predicted molar refractivity (Wildman–Crippen MR) is 70.9 cm³/mol. The molecular formula is C15H27. The van der Waals surface area contributed by atoms with Crippen molar-refractivity contribution in [2.24, 2.45) is 0 Å². The van der Waals surface area contributed by atoms with E-state index in [2.05, 4.69) is 32.1 Å². The lowest BCUT2D eigenvalue weighted by molar-refractivity contribution is 0.621. The Morgan fingerprint density at radius 1 is 0.733 bits per heavy atom. The average Bonchev–Trinajstić information content (AvgIpc) is 2.26. The Morgan fingerprint density at radius 2 is 1.27 bits per heavy atom. The molecule has 0 aliphatic heterocycles. The standard InChI is InChI=1S/C15H27/c1-3-5-7-9-11-13-15-14-12-10-8-6-4-2/h3,5,8,10H,1,4,6-7,9,11-15H2,2H3. The molecule has 87 valence electrons. The Hall–Kier alpha value is -0.520. The van der Waals surface area contributed by atoms with Crippen molar-refractivity contribution in [2.75, 3.05) is 0 Å². The molecule has 0 heterocycles. The van der Waals surface area contributed by atoms with Crippen LogP contribution in [0.5, 0.6) is 0 Å². The van der Waals surface area contributed by atoms with Crippen molar-refractivity contribution in [3.63, 3.8) is 0 Å². The summed E-state index contributed by atoms with van der Waals surface area (Å²) in [6.45, 7) is 5.91. The van der Waals surface area contributed by atoms with E-state index in [1.165, 1.54) is 57.8 Å². The molecule has 0 amide bonds. The van der Waals surface area contributed by atoms with Gasteiger partial charge < -0.3 is 0 Å². The van der Waals surface area contributed by atoms with Crippen molar-refractivity contribution in [1.29, 1.82) is 0 Å². The van der Waals surface area contributed by atoms with Gasteiger partial charge >= 0.3 is 0 Å². The second-order valence-corrected chi connectivity index (χ2v) is 4.08. The number of allylic oxidation sites excluding steroid dienone is 4. The molecule has 0 aromatic rings. The fourth-order valence-corrected chi connectivity index (χ4v) is 1.57. The summed E-state index contributed by atoms with van der Waals surface area (Å²) in [5.41, 5.74) is 0. The van der Waals surface area contributed by atoms with E-state index in [0.717, 1.165) is 0 Å². The fourth-order valence-electron chi connectivity index (χ4n) is 1.57.